The molecular formula is C33H49O7P. The average Bonchev–Trinajstić information content (AvgIpc) is 2.91. The molecule has 41 heavy (non-hydrogen) atoms. The molecule has 0 aliphatic heterocycles. The molecule has 0 N–H and O–H groups in total. The third-order valence-electron chi connectivity index (χ3n) is 13.3. The molecule has 3 fully saturated rings. The minimum absolute atomic E-state index is 0.0271. The number of Topliss-reactive ketones (excluding diaryl/α,β-unsaturated/α-hetero) is 1. The maximum absolute atomic E-state index is 14.6. The van der Waals surface area contributed by atoms with Gasteiger partial charge in [0.2, 0.25) is 0 Å². The second-order valence-corrected chi connectivity index (χ2v) is 17.8. The molecule has 8 heteroatoms. The van der Waals surface area contributed by atoms with Crippen molar-refractivity contribution < 1.29 is 32.7 Å². The van der Waals surface area contributed by atoms with Gasteiger partial charge < -0.3 is 13.8 Å². The van der Waals surface area contributed by atoms with Gasteiger partial charge in [-0.2, -0.15) is 0 Å². The van der Waals surface area contributed by atoms with Gasteiger partial charge in [-0.3, -0.25) is 18.9 Å². The summed E-state index contributed by atoms with van der Waals surface area (Å²) in [6.07, 6.45) is 9.74. The Hall–Kier alpha value is -1.56. The average molecular weight is 589 g/mol. The van der Waals surface area contributed by atoms with E-state index in [1.54, 1.807) is 0 Å². The fourth-order valence-corrected chi connectivity index (χ4v) is 12.1. The van der Waals surface area contributed by atoms with E-state index in [0.717, 1.165) is 38.5 Å². The predicted molar refractivity (Wildman–Crippen MR) is 157 cm³/mol. The van der Waals surface area contributed by atoms with Gasteiger partial charge in [0, 0.05) is 31.0 Å². The van der Waals surface area contributed by atoms with Crippen molar-refractivity contribution in [3.63, 3.8) is 0 Å². The molecule has 0 bridgehead atoms. The van der Waals surface area contributed by atoms with Gasteiger partial charge >= 0.3 is 13.6 Å². The highest BCUT2D eigenvalue weighted by Crippen LogP contribution is 2.75. The van der Waals surface area contributed by atoms with Gasteiger partial charge in [-0.15, -0.1) is 0 Å². The SMILES string of the molecule is COC(=O)[C@@]1(C)CC[C@]2(C)CC[C@]3(C)C(=CC(=O)[C@@H]4[C@@]5(C)C=C(P(=O)(OC)OC)C(=O)C(C)(C)[C@@H]5CC[C@]43C)[C@@H]2C1. The van der Waals surface area contributed by atoms with Crippen LogP contribution in [0.15, 0.2) is 23.0 Å². The molecule has 0 aromatic heterocycles. The van der Waals surface area contributed by atoms with E-state index in [-0.39, 0.29) is 50.9 Å². The first-order valence-electron chi connectivity index (χ1n) is 15.2. The molecule has 0 spiro atoms. The highest BCUT2D eigenvalue weighted by molar-refractivity contribution is 7.60. The fraction of sp³-hybridized carbons (Fsp3) is 0.788. The van der Waals surface area contributed by atoms with Crippen LogP contribution in [0.3, 0.4) is 0 Å². The minimum atomic E-state index is -3.85. The van der Waals surface area contributed by atoms with Crippen LogP contribution >= 0.6 is 7.60 Å². The van der Waals surface area contributed by atoms with Crippen LogP contribution < -0.4 is 0 Å². The lowest BCUT2D eigenvalue weighted by Gasteiger charge is -2.69. The maximum Gasteiger partial charge on any atom is 0.364 e. The zero-order chi connectivity index (χ0) is 30.6. The van der Waals surface area contributed by atoms with Crippen molar-refractivity contribution in [3.8, 4) is 0 Å². The van der Waals surface area contributed by atoms with Crippen LogP contribution in [-0.4, -0.2) is 38.9 Å². The summed E-state index contributed by atoms with van der Waals surface area (Å²) in [6.45, 7) is 14.9. The summed E-state index contributed by atoms with van der Waals surface area (Å²) < 4.78 is 29.6. The van der Waals surface area contributed by atoms with Crippen molar-refractivity contribution in [1.82, 2.24) is 0 Å². The number of ketones is 2. The van der Waals surface area contributed by atoms with E-state index in [1.807, 2.05) is 32.9 Å². The van der Waals surface area contributed by atoms with Crippen LogP contribution in [0.4, 0.5) is 0 Å². The van der Waals surface area contributed by atoms with E-state index >= 15 is 0 Å². The second-order valence-electron chi connectivity index (χ2n) is 15.5. The highest BCUT2D eigenvalue weighted by atomic mass is 31.2. The second kappa shape index (κ2) is 9.22. The Morgan fingerprint density at radius 1 is 0.902 bits per heavy atom. The molecule has 0 aromatic rings. The van der Waals surface area contributed by atoms with Crippen molar-refractivity contribution >= 4 is 25.1 Å². The molecule has 3 saturated carbocycles. The van der Waals surface area contributed by atoms with Gasteiger partial charge in [-0.25, -0.2) is 0 Å². The van der Waals surface area contributed by atoms with Crippen molar-refractivity contribution in [2.75, 3.05) is 21.3 Å². The number of ether oxygens (including phenoxy) is 1. The summed E-state index contributed by atoms with van der Waals surface area (Å²) in [5.41, 5.74) is -1.56. The van der Waals surface area contributed by atoms with E-state index in [2.05, 4.69) is 27.7 Å². The van der Waals surface area contributed by atoms with E-state index in [1.165, 1.54) is 26.9 Å². The number of methoxy groups -OCH3 is 1. The van der Waals surface area contributed by atoms with Crippen LogP contribution in [-0.2, 0) is 32.7 Å². The quantitative estimate of drug-likeness (QED) is 0.251. The zero-order valence-corrected chi connectivity index (χ0v) is 27.5. The Bertz CT molecular complexity index is 1300. The van der Waals surface area contributed by atoms with Crippen LogP contribution in [0.2, 0.25) is 0 Å². The third-order valence-corrected chi connectivity index (χ3v) is 15.2. The first-order valence-corrected chi connectivity index (χ1v) is 16.7. The summed E-state index contributed by atoms with van der Waals surface area (Å²) >= 11 is 0. The van der Waals surface area contributed by atoms with Crippen LogP contribution in [0.5, 0.6) is 0 Å². The minimum Gasteiger partial charge on any atom is -0.469 e. The lowest BCUT2D eigenvalue weighted by molar-refractivity contribution is -0.172. The highest BCUT2D eigenvalue weighted by Gasteiger charge is 2.71. The Balaban J connectivity index is 1.69. The van der Waals surface area contributed by atoms with Gasteiger partial charge in [0.15, 0.2) is 11.6 Å². The topological polar surface area (TPSA) is 96.0 Å². The molecule has 7 nitrogen and oxygen atoms in total. The number of hydrogen-bond donors (Lipinski definition) is 0. The summed E-state index contributed by atoms with van der Waals surface area (Å²) in [5, 5.41) is 0.0700. The van der Waals surface area contributed by atoms with E-state index in [4.69, 9.17) is 13.8 Å². The Kier molecular flexibility index (Phi) is 6.95. The largest absolute Gasteiger partial charge is 0.469 e. The Labute approximate surface area is 245 Å². The van der Waals surface area contributed by atoms with Gasteiger partial charge in [-0.1, -0.05) is 53.2 Å². The summed E-state index contributed by atoms with van der Waals surface area (Å²) in [6, 6.07) is 0. The molecule has 0 radical (unpaired) electrons. The van der Waals surface area contributed by atoms with E-state index in [0.29, 0.717) is 6.42 Å². The fourth-order valence-electron chi connectivity index (χ4n) is 10.6. The van der Waals surface area contributed by atoms with E-state index < -0.39 is 29.8 Å². The lowest BCUT2D eigenvalue weighted by atomic mass is 9.34. The van der Waals surface area contributed by atoms with Gasteiger partial charge in [0.05, 0.1) is 12.5 Å². The number of carbonyl (C=O) groups excluding carboxylic acids is 3. The number of rotatable bonds is 4. The Morgan fingerprint density at radius 2 is 1.51 bits per heavy atom. The number of fused-ring (bicyclic) bond motifs is 7. The number of carbonyl (C=O) groups is 3. The third kappa shape index (κ3) is 3.83. The molecule has 0 amide bonds. The molecule has 0 saturated heterocycles. The van der Waals surface area contributed by atoms with E-state index in [9.17, 15) is 18.9 Å². The molecular weight excluding hydrogens is 539 g/mol. The molecule has 0 heterocycles. The molecule has 8 atom stereocenters. The van der Waals surface area contributed by atoms with Gasteiger partial charge in [0.25, 0.3) is 0 Å². The first-order chi connectivity index (χ1) is 18.8. The van der Waals surface area contributed by atoms with Crippen LogP contribution in [0.1, 0.15) is 93.4 Å². The smallest absolute Gasteiger partial charge is 0.364 e. The molecule has 5 aliphatic rings. The zero-order valence-electron chi connectivity index (χ0n) is 26.6. The molecule has 5 aliphatic carbocycles. The molecule has 228 valence electrons. The van der Waals surface area contributed by atoms with Crippen molar-refractivity contribution in [2.24, 2.45) is 50.2 Å². The number of esters is 1. The summed E-state index contributed by atoms with van der Waals surface area (Å²) in [7, 11) is 0.222. The summed E-state index contributed by atoms with van der Waals surface area (Å²) in [4.78, 5) is 41.3. The van der Waals surface area contributed by atoms with Gasteiger partial charge in [0.1, 0.15) is 5.31 Å². The standard InChI is InChI=1S/C33H49O7P/c1-28(2)24-11-12-33(7)25(31(24,5)19-23(26(28)35)41(37,39-9)40-10)22(34)17-20-21-18-30(4,27(36)38-8)14-13-29(21,3)15-16-32(20,33)6/h17,19,21,24-25H,11-16,18H2,1-10H3/t21-,24-,25+,29+,30-,31-,32+,33+/m0/s1. The lowest BCUT2D eigenvalue weighted by Crippen LogP contribution is -2.65. The predicted octanol–water partition coefficient (Wildman–Crippen LogP) is 7.30. The Morgan fingerprint density at radius 3 is 2.10 bits per heavy atom. The van der Waals surface area contributed by atoms with Crippen LogP contribution in [0.25, 0.3) is 0 Å². The van der Waals surface area contributed by atoms with Crippen LogP contribution in [0, 0.1) is 50.2 Å². The monoisotopic (exact) mass is 588 g/mol. The maximum atomic E-state index is 14.6. The summed E-state index contributed by atoms with van der Waals surface area (Å²) in [5.74, 6) is -0.693. The number of hydrogen-bond acceptors (Lipinski definition) is 7. The van der Waals surface area contributed by atoms with Gasteiger partial charge in [-0.05, 0) is 86.0 Å². The first kappa shape index (κ1) is 30.9. The van der Waals surface area contributed by atoms with Crippen molar-refractivity contribution in [2.45, 2.75) is 93.4 Å². The van der Waals surface area contributed by atoms with Crippen molar-refractivity contribution in [3.05, 3.63) is 23.0 Å². The molecule has 0 aromatic carbocycles. The molecule has 0 unspecified atom stereocenters. The number of allylic oxidation sites excluding steroid dienone is 4. The van der Waals surface area contributed by atoms with Crippen molar-refractivity contribution in [1.29, 1.82) is 0 Å². The normalized spacial score (nSPS) is 45.4. The molecule has 5 rings (SSSR count).